The molecule has 1 amide bonds. The molecule has 4 rings (SSSR count). The van der Waals surface area contributed by atoms with Gasteiger partial charge < -0.3 is 15.2 Å². The minimum absolute atomic E-state index is 0.256. The first-order valence-corrected chi connectivity index (χ1v) is 11.4. The molecule has 0 unspecified atom stereocenters. The number of aromatic carboxylic acids is 1. The molecule has 7 heteroatoms. The van der Waals surface area contributed by atoms with Crippen LogP contribution in [0.3, 0.4) is 0 Å². The van der Waals surface area contributed by atoms with Gasteiger partial charge in [0.2, 0.25) is 0 Å². The molecule has 3 aromatic carbocycles. The smallest absolute Gasteiger partial charge is 0.335 e. The number of nitrogens with one attached hydrogen (secondary N) is 1. The average molecular weight is 487 g/mol. The fourth-order valence-electron chi connectivity index (χ4n) is 3.53. The third-order valence-corrected chi connectivity index (χ3v) is 5.66. The zero-order valence-corrected chi connectivity index (χ0v) is 19.5. The molecule has 0 atom stereocenters. The maximum Gasteiger partial charge on any atom is 0.335 e. The van der Waals surface area contributed by atoms with E-state index < -0.39 is 5.97 Å². The lowest BCUT2D eigenvalue weighted by molar-refractivity contribution is 0.0696. The largest absolute Gasteiger partial charge is 0.488 e. The van der Waals surface area contributed by atoms with Crippen molar-refractivity contribution in [1.29, 1.82) is 0 Å². The summed E-state index contributed by atoms with van der Waals surface area (Å²) in [4.78, 5) is 27.9. The number of carbonyl (C=O) groups is 2. The van der Waals surface area contributed by atoms with E-state index in [4.69, 9.17) is 21.4 Å². The van der Waals surface area contributed by atoms with Gasteiger partial charge in [-0.25, -0.2) is 4.79 Å². The van der Waals surface area contributed by atoms with E-state index in [0.29, 0.717) is 35.9 Å². The summed E-state index contributed by atoms with van der Waals surface area (Å²) in [5, 5.41) is 12.4. The second-order valence-corrected chi connectivity index (χ2v) is 8.31. The molecule has 0 aliphatic carbocycles. The highest BCUT2D eigenvalue weighted by atomic mass is 35.5. The first-order valence-electron chi connectivity index (χ1n) is 11.0. The van der Waals surface area contributed by atoms with Gasteiger partial charge in [-0.3, -0.25) is 9.78 Å². The maximum atomic E-state index is 12.8. The summed E-state index contributed by atoms with van der Waals surface area (Å²) in [6, 6.07) is 23.4. The van der Waals surface area contributed by atoms with Crippen LogP contribution in [-0.4, -0.2) is 28.5 Å². The van der Waals surface area contributed by atoms with Crippen molar-refractivity contribution in [3.05, 3.63) is 119 Å². The van der Waals surface area contributed by atoms with Crippen LogP contribution in [-0.2, 0) is 13.0 Å². The van der Waals surface area contributed by atoms with Crippen LogP contribution in [0.15, 0.2) is 91.3 Å². The number of halogens is 1. The first kappa shape index (κ1) is 24.0. The van der Waals surface area contributed by atoms with E-state index in [1.807, 2.05) is 36.4 Å². The highest BCUT2D eigenvalue weighted by molar-refractivity contribution is 6.31. The molecule has 0 bridgehead atoms. The van der Waals surface area contributed by atoms with E-state index in [9.17, 15) is 9.59 Å². The Morgan fingerprint density at radius 1 is 0.914 bits per heavy atom. The summed E-state index contributed by atoms with van der Waals surface area (Å²) in [5.74, 6) is -0.753. The SMILES string of the molecule is O=C(O)c1ccc(-c2ccc(CCNC(=O)c3cc(Cl)ccc3OCc3cccnc3)cc2)cc1. The fourth-order valence-corrected chi connectivity index (χ4v) is 3.71. The van der Waals surface area contributed by atoms with Crippen LogP contribution >= 0.6 is 11.6 Å². The molecule has 0 saturated carbocycles. The Hall–Kier alpha value is -4.16. The lowest BCUT2D eigenvalue weighted by atomic mass is 10.0. The number of hydrogen-bond donors (Lipinski definition) is 2. The summed E-state index contributed by atoms with van der Waals surface area (Å²) >= 11 is 6.12. The number of nitrogens with zero attached hydrogens (tertiary/aromatic N) is 1. The van der Waals surface area contributed by atoms with Gasteiger partial charge in [-0.05, 0) is 59.5 Å². The summed E-state index contributed by atoms with van der Waals surface area (Å²) in [6.07, 6.45) is 4.05. The van der Waals surface area contributed by atoms with Crippen LogP contribution in [0.4, 0.5) is 0 Å². The molecule has 0 aliphatic heterocycles. The Kier molecular flexibility index (Phi) is 7.75. The van der Waals surface area contributed by atoms with Gasteiger partial charge in [-0.15, -0.1) is 0 Å². The van der Waals surface area contributed by atoms with Crippen LogP contribution in [0, 0.1) is 0 Å². The van der Waals surface area contributed by atoms with Crippen molar-refractivity contribution >= 4 is 23.5 Å². The number of carbonyl (C=O) groups excluding carboxylic acids is 1. The number of aromatic nitrogens is 1. The zero-order valence-electron chi connectivity index (χ0n) is 18.8. The van der Waals surface area contributed by atoms with E-state index in [2.05, 4.69) is 10.3 Å². The highest BCUT2D eigenvalue weighted by Crippen LogP contribution is 2.24. The molecule has 1 aromatic heterocycles. The van der Waals surface area contributed by atoms with Gasteiger partial charge >= 0.3 is 5.97 Å². The van der Waals surface area contributed by atoms with E-state index in [0.717, 1.165) is 22.3 Å². The molecule has 35 heavy (non-hydrogen) atoms. The van der Waals surface area contributed by atoms with E-state index in [1.54, 1.807) is 54.9 Å². The number of carboxylic acids is 1. The maximum absolute atomic E-state index is 12.8. The van der Waals surface area contributed by atoms with E-state index in [-0.39, 0.29) is 11.5 Å². The molecule has 176 valence electrons. The Morgan fingerprint density at radius 3 is 2.29 bits per heavy atom. The Morgan fingerprint density at radius 2 is 1.63 bits per heavy atom. The van der Waals surface area contributed by atoms with Crippen LogP contribution in [0.1, 0.15) is 31.8 Å². The number of pyridine rings is 1. The second kappa shape index (κ2) is 11.3. The number of ether oxygens (including phenoxy) is 1. The Bertz CT molecular complexity index is 1310. The van der Waals surface area contributed by atoms with Gasteiger partial charge in [-0.1, -0.05) is 54.1 Å². The molecule has 2 N–H and O–H groups in total. The van der Waals surface area contributed by atoms with Gasteiger partial charge in [0.1, 0.15) is 12.4 Å². The molecule has 0 saturated heterocycles. The third-order valence-electron chi connectivity index (χ3n) is 5.42. The van der Waals surface area contributed by atoms with Crippen molar-refractivity contribution in [3.63, 3.8) is 0 Å². The Balaban J connectivity index is 1.34. The monoisotopic (exact) mass is 486 g/mol. The van der Waals surface area contributed by atoms with Crippen molar-refractivity contribution in [2.75, 3.05) is 6.54 Å². The van der Waals surface area contributed by atoms with Crippen LogP contribution in [0.5, 0.6) is 5.75 Å². The summed E-state index contributed by atoms with van der Waals surface area (Å²) in [5.41, 5.74) is 4.53. The van der Waals surface area contributed by atoms with Crippen molar-refractivity contribution in [2.24, 2.45) is 0 Å². The van der Waals surface area contributed by atoms with Crippen LogP contribution in [0.25, 0.3) is 11.1 Å². The minimum atomic E-state index is -0.945. The molecule has 0 fully saturated rings. The summed E-state index contributed by atoms with van der Waals surface area (Å²) in [6.45, 7) is 0.737. The predicted molar refractivity (Wildman–Crippen MR) is 135 cm³/mol. The number of hydrogen-bond acceptors (Lipinski definition) is 4. The number of amides is 1. The molecule has 0 radical (unpaired) electrons. The van der Waals surface area contributed by atoms with Crippen molar-refractivity contribution < 1.29 is 19.4 Å². The summed E-state index contributed by atoms with van der Waals surface area (Å²) in [7, 11) is 0. The highest BCUT2D eigenvalue weighted by Gasteiger charge is 2.14. The van der Waals surface area contributed by atoms with E-state index >= 15 is 0 Å². The average Bonchev–Trinajstić information content (AvgIpc) is 2.89. The van der Waals surface area contributed by atoms with Gasteiger partial charge in [-0.2, -0.15) is 0 Å². The third kappa shape index (κ3) is 6.46. The van der Waals surface area contributed by atoms with Gasteiger partial charge in [0, 0.05) is 29.5 Å². The fraction of sp³-hybridized carbons (Fsp3) is 0.107. The first-order chi connectivity index (χ1) is 17.0. The van der Waals surface area contributed by atoms with Gasteiger partial charge in [0.05, 0.1) is 11.1 Å². The molecule has 0 spiro atoms. The van der Waals surface area contributed by atoms with Crippen LogP contribution < -0.4 is 10.1 Å². The zero-order chi connectivity index (χ0) is 24.6. The van der Waals surface area contributed by atoms with Crippen molar-refractivity contribution in [3.8, 4) is 16.9 Å². The lowest BCUT2D eigenvalue weighted by Crippen LogP contribution is -2.26. The molecular formula is C28H23ClN2O4. The molecule has 1 heterocycles. The number of carboxylic acid groups (broad SMARTS) is 1. The number of benzene rings is 3. The second-order valence-electron chi connectivity index (χ2n) is 7.88. The molecule has 4 aromatic rings. The summed E-state index contributed by atoms with van der Waals surface area (Å²) < 4.78 is 5.85. The molecular weight excluding hydrogens is 464 g/mol. The standard InChI is InChI=1S/C28H23ClN2O4/c29-24-11-12-26(35-18-20-2-1-14-30-17-20)25(16-24)27(32)31-15-13-19-3-5-21(6-4-19)22-7-9-23(10-8-22)28(33)34/h1-12,14,16-17H,13,15,18H2,(H,31,32)(H,33,34). The Labute approximate surface area is 208 Å². The number of rotatable bonds is 9. The quantitative estimate of drug-likeness (QED) is 0.319. The molecule has 0 aliphatic rings. The van der Waals surface area contributed by atoms with Gasteiger partial charge in [0.15, 0.2) is 0 Å². The van der Waals surface area contributed by atoms with Crippen LogP contribution in [0.2, 0.25) is 5.02 Å². The van der Waals surface area contributed by atoms with Crippen molar-refractivity contribution in [1.82, 2.24) is 10.3 Å². The normalized spacial score (nSPS) is 10.5. The topological polar surface area (TPSA) is 88.5 Å². The lowest BCUT2D eigenvalue weighted by Gasteiger charge is -2.12. The van der Waals surface area contributed by atoms with Gasteiger partial charge in [0.25, 0.3) is 5.91 Å². The minimum Gasteiger partial charge on any atom is -0.488 e. The van der Waals surface area contributed by atoms with E-state index in [1.165, 1.54) is 0 Å². The predicted octanol–water partition coefficient (Wildman–Crippen LogP) is 5.65. The molecule has 6 nitrogen and oxygen atoms in total. The van der Waals surface area contributed by atoms with Crippen molar-refractivity contribution in [2.45, 2.75) is 13.0 Å².